The third-order valence-electron chi connectivity index (χ3n) is 3.65. The number of hydrogen-bond donors (Lipinski definition) is 1. The highest BCUT2D eigenvalue weighted by molar-refractivity contribution is 6.08. The summed E-state index contributed by atoms with van der Waals surface area (Å²) in [5.41, 5.74) is 3.11. The molecular formula is C16H16N2O2. The molecule has 20 heavy (non-hydrogen) atoms. The van der Waals surface area contributed by atoms with Gasteiger partial charge in [0.25, 0.3) is 0 Å². The lowest BCUT2D eigenvalue weighted by Gasteiger charge is -2.06. The molecule has 0 saturated heterocycles. The van der Waals surface area contributed by atoms with E-state index in [1.807, 2.05) is 18.2 Å². The Hall–Kier alpha value is -2.36. The zero-order chi connectivity index (χ0) is 14.1. The first-order valence-electron chi connectivity index (χ1n) is 6.79. The minimum Gasteiger partial charge on any atom is -0.481 e. The normalized spacial score (nSPS) is 11.2. The average molecular weight is 268 g/mol. The van der Waals surface area contributed by atoms with Crippen molar-refractivity contribution in [3.05, 3.63) is 42.2 Å². The van der Waals surface area contributed by atoms with E-state index in [9.17, 15) is 4.79 Å². The van der Waals surface area contributed by atoms with Crippen molar-refractivity contribution in [1.29, 1.82) is 0 Å². The van der Waals surface area contributed by atoms with Crippen LogP contribution in [0.3, 0.4) is 0 Å². The van der Waals surface area contributed by atoms with Gasteiger partial charge >= 0.3 is 5.97 Å². The number of aryl methyl sites for hydroxylation is 2. The maximum absolute atomic E-state index is 10.8. The number of carboxylic acids is 1. The molecule has 0 spiro atoms. The molecule has 2 heterocycles. The molecule has 4 heteroatoms. The van der Waals surface area contributed by atoms with Crippen molar-refractivity contribution in [2.24, 2.45) is 0 Å². The molecule has 0 saturated carbocycles. The van der Waals surface area contributed by atoms with E-state index in [4.69, 9.17) is 5.11 Å². The van der Waals surface area contributed by atoms with Gasteiger partial charge in [-0.3, -0.25) is 9.78 Å². The van der Waals surface area contributed by atoms with Crippen LogP contribution in [0.4, 0.5) is 0 Å². The summed E-state index contributed by atoms with van der Waals surface area (Å²) >= 11 is 0. The molecule has 0 atom stereocenters. The van der Waals surface area contributed by atoms with Gasteiger partial charge in [0, 0.05) is 35.5 Å². The highest BCUT2D eigenvalue weighted by atomic mass is 16.4. The molecule has 0 unspecified atom stereocenters. The number of hydrogen-bond acceptors (Lipinski definition) is 2. The molecule has 3 aromatic rings. The summed E-state index contributed by atoms with van der Waals surface area (Å²) < 4.78 is 2.22. The van der Waals surface area contributed by atoms with Crippen LogP contribution < -0.4 is 0 Å². The smallest absolute Gasteiger partial charge is 0.303 e. The van der Waals surface area contributed by atoms with E-state index in [0.29, 0.717) is 6.42 Å². The lowest BCUT2D eigenvalue weighted by atomic mass is 10.1. The zero-order valence-electron chi connectivity index (χ0n) is 11.3. The largest absolute Gasteiger partial charge is 0.481 e. The molecule has 4 nitrogen and oxygen atoms in total. The Morgan fingerprint density at radius 2 is 2.05 bits per heavy atom. The van der Waals surface area contributed by atoms with Crippen LogP contribution in [0.5, 0.6) is 0 Å². The van der Waals surface area contributed by atoms with Crippen LogP contribution in [-0.2, 0) is 17.8 Å². The van der Waals surface area contributed by atoms with Gasteiger partial charge in [-0.2, -0.15) is 0 Å². The minimum atomic E-state index is -0.789. The van der Waals surface area contributed by atoms with Gasteiger partial charge in [0.1, 0.15) is 0 Å². The third-order valence-corrected chi connectivity index (χ3v) is 3.65. The molecule has 0 aliphatic rings. The van der Waals surface area contributed by atoms with E-state index in [-0.39, 0.29) is 6.42 Å². The van der Waals surface area contributed by atoms with Crippen molar-refractivity contribution in [2.75, 3.05) is 0 Å². The summed E-state index contributed by atoms with van der Waals surface area (Å²) in [6.07, 6.45) is 2.34. The predicted molar refractivity (Wildman–Crippen MR) is 78.9 cm³/mol. The summed E-state index contributed by atoms with van der Waals surface area (Å²) in [5.74, 6) is -0.789. The first-order chi connectivity index (χ1) is 9.72. The Kier molecular flexibility index (Phi) is 3.14. The number of nitrogens with zero attached hydrogens (tertiary/aromatic N) is 2. The summed E-state index contributed by atoms with van der Waals surface area (Å²) in [6.45, 7) is 2.94. The van der Waals surface area contributed by atoms with Crippen molar-refractivity contribution in [3.63, 3.8) is 0 Å². The summed E-state index contributed by atoms with van der Waals surface area (Å²) in [4.78, 5) is 15.2. The highest BCUT2D eigenvalue weighted by Gasteiger charge is 2.14. The summed E-state index contributed by atoms with van der Waals surface area (Å²) in [7, 11) is 0. The van der Waals surface area contributed by atoms with Gasteiger partial charge in [0.15, 0.2) is 0 Å². The maximum Gasteiger partial charge on any atom is 0.303 e. The molecule has 2 aromatic heterocycles. The molecule has 0 radical (unpaired) electrons. The first-order valence-corrected chi connectivity index (χ1v) is 6.79. The van der Waals surface area contributed by atoms with Crippen LogP contribution >= 0.6 is 0 Å². The maximum atomic E-state index is 10.8. The quantitative estimate of drug-likeness (QED) is 0.790. The minimum absolute atomic E-state index is 0.108. The van der Waals surface area contributed by atoms with Crippen LogP contribution in [0.1, 0.15) is 19.0 Å². The Balaban J connectivity index is 2.29. The zero-order valence-corrected chi connectivity index (χ0v) is 11.3. The average Bonchev–Trinajstić information content (AvgIpc) is 2.79. The van der Waals surface area contributed by atoms with Crippen LogP contribution in [0.15, 0.2) is 36.5 Å². The molecule has 3 rings (SSSR count). The number of carbonyl (C=O) groups is 1. The van der Waals surface area contributed by atoms with Crippen LogP contribution in [0, 0.1) is 0 Å². The van der Waals surface area contributed by atoms with E-state index in [0.717, 1.165) is 23.1 Å². The van der Waals surface area contributed by atoms with Gasteiger partial charge in [-0.15, -0.1) is 0 Å². The molecule has 0 amide bonds. The van der Waals surface area contributed by atoms with E-state index in [1.165, 1.54) is 10.9 Å². The van der Waals surface area contributed by atoms with Gasteiger partial charge in [0.05, 0.1) is 17.6 Å². The van der Waals surface area contributed by atoms with Crippen molar-refractivity contribution < 1.29 is 9.90 Å². The molecule has 0 fully saturated rings. The Morgan fingerprint density at radius 3 is 2.80 bits per heavy atom. The number of para-hydroxylation sites is 1. The van der Waals surface area contributed by atoms with Gasteiger partial charge < -0.3 is 9.67 Å². The van der Waals surface area contributed by atoms with Crippen molar-refractivity contribution in [3.8, 4) is 0 Å². The SMILES string of the molecule is CCn1c2ccccc2c2ccnc(CCC(=O)O)c21. The molecule has 0 bridgehead atoms. The summed E-state index contributed by atoms with van der Waals surface area (Å²) in [6, 6.07) is 10.3. The molecule has 1 N–H and O–H groups in total. The van der Waals surface area contributed by atoms with Gasteiger partial charge in [-0.1, -0.05) is 18.2 Å². The Bertz CT molecular complexity index is 790. The first kappa shape index (κ1) is 12.7. The molecule has 0 aliphatic heterocycles. The molecule has 1 aromatic carbocycles. The van der Waals surface area contributed by atoms with Crippen LogP contribution in [0.25, 0.3) is 21.8 Å². The highest BCUT2D eigenvalue weighted by Crippen LogP contribution is 2.30. The van der Waals surface area contributed by atoms with Crippen molar-refractivity contribution >= 4 is 27.8 Å². The topological polar surface area (TPSA) is 55.1 Å². The number of rotatable bonds is 4. The van der Waals surface area contributed by atoms with Crippen LogP contribution in [0.2, 0.25) is 0 Å². The van der Waals surface area contributed by atoms with Crippen molar-refractivity contribution in [1.82, 2.24) is 9.55 Å². The second-order valence-electron chi connectivity index (χ2n) is 4.81. The van der Waals surface area contributed by atoms with E-state index in [1.54, 1.807) is 6.20 Å². The number of fused-ring (bicyclic) bond motifs is 3. The number of aromatic nitrogens is 2. The van der Waals surface area contributed by atoms with Crippen molar-refractivity contribution in [2.45, 2.75) is 26.3 Å². The van der Waals surface area contributed by atoms with E-state index in [2.05, 4.69) is 28.6 Å². The Morgan fingerprint density at radius 1 is 1.25 bits per heavy atom. The fourth-order valence-corrected chi connectivity index (χ4v) is 2.81. The second-order valence-corrected chi connectivity index (χ2v) is 4.81. The predicted octanol–water partition coefficient (Wildman–Crippen LogP) is 3.23. The molecule has 102 valence electrons. The lowest BCUT2D eigenvalue weighted by Crippen LogP contribution is -2.03. The second kappa shape index (κ2) is 4.96. The van der Waals surface area contributed by atoms with Crippen LogP contribution in [-0.4, -0.2) is 20.6 Å². The van der Waals surface area contributed by atoms with Gasteiger partial charge in [0.2, 0.25) is 0 Å². The number of benzene rings is 1. The third kappa shape index (κ3) is 1.93. The standard InChI is InChI=1S/C16H16N2O2/c1-2-18-14-6-4-3-5-11(14)12-9-10-17-13(16(12)18)7-8-15(19)20/h3-6,9-10H,2,7-8H2,1H3,(H,19,20). The number of carboxylic acid groups (broad SMARTS) is 1. The van der Waals surface area contributed by atoms with Gasteiger partial charge in [-0.05, 0) is 19.1 Å². The fraction of sp³-hybridized carbons (Fsp3) is 0.250. The summed E-state index contributed by atoms with van der Waals surface area (Å²) in [5, 5.41) is 11.2. The molecule has 0 aliphatic carbocycles. The lowest BCUT2D eigenvalue weighted by molar-refractivity contribution is -0.136. The number of aliphatic carboxylic acids is 1. The number of pyridine rings is 1. The monoisotopic (exact) mass is 268 g/mol. The van der Waals surface area contributed by atoms with Gasteiger partial charge in [-0.25, -0.2) is 0 Å². The Labute approximate surface area is 116 Å². The fourth-order valence-electron chi connectivity index (χ4n) is 2.81. The molecular weight excluding hydrogens is 252 g/mol. The van der Waals surface area contributed by atoms with E-state index >= 15 is 0 Å². The van der Waals surface area contributed by atoms with E-state index < -0.39 is 5.97 Å².